The molecule has 1 rings (SSSR count). The molecule has 0 aromatic heterocycles. The number of benzene rings is 1. The fourth-order valence-corrected chi connectivity index (χ4v) is 2.80. The van der Waals surface area contributed by atoms with Gasteiger partial charge in [0.1, 0.15) is 5.75 Å². The Morgan fingerprint density at radius 2 is 1.85 bits per heavy atom. The summed E-state index contributed by atoms with van der Waals surface area (Å²) in [5.74, 6) is 0.971. The van der Waals surface area contributed by atoms with E-state index in [4.69, 9.17) is 10.5 Å². The van der Waals surface area contributed by atoms with Gasteiger partial charge in [-0.05, 0) is 47.3 Å². The lowest BCUT2D eigenvalue weighted by molar-refractivity contribution is 0.299. The van der Waals surface area contributed by atoms with E-state index in [1.165, 1.54) is 37.7 Å². The van der Waals surface area contributed by atoms with Gasteiger partial charge in [-0.3, -0.25) is 0 Å². The first-order chi connectivity index (χ1) is 9.65. The van der Waals surface area contributed by atoms with E-state index in [0.717, 1.165) is 29.7 Å². The van der Waals surface area contributed by atoms with E-state index < -0.39 is 0 Å². The maximum absolute atomic E-state index is 5.97. The molecule has 1 aromatic carbocycles. The predicted molar refractivity (Wildman–Crippen MR) is 90.4 cm³/mol. The number of halogens is 1. The quantitative estimate of drug-likeness (QED) is 0.602. The second-order valence-corrected chi connectivity index (χ2v) is 6.38. The van der Waals surface area contributed by atoms with E-state index in [9.17, 15) is 0 Å². The van der Waals surface area contributed by atoms with Gasteiger partial charge in [0.2, 0.25) is 0 Å². The number of ether oxygens (including phenoxy) is 1. The number of unbranched alkanes of at least 4 members (excludes halogenated alkanes) is 5. The molecule has 0 aliphatic heterocycles. The molecule has 0 aliphatic carbocycles. The van der Waals surface area contributed by atoms with Gasteiger partial charge < -0.3 is 10.5 Å². The number of hydrogen-bond acceptors (Lipinski definition) is 2. The normalized spacial score (nSPS) is 12.4. The Balaban J connectivity index is 2.38. The molecule has 114 valence electrons. The molecule has 0 spiro atoms. The van der Waals surface area contributed by atoms with Crippen molar-refractivity contribution >= 4 is 15.9 Å². The Hall–Kier alpha value is -0.540. The smallest absolute Gasteiger partial charge is 0.136 e. The molecule has 2 N–H and O–H groups in total. The van der Waals surface area contributed by atoms with Gasteiger partial charge in [0.15, 0.2) is 0 Å². The van der Waals surface area contributed by atoms with E-state index in [2.05, 4.69) is 28.9 Å². The summed E-state index contributed by atoms with van der Waals surface area (Å²) >= 11 is 3.57. The van der Waals surface area contributed by atoms with Crippen LogP contribution in [-0.2, 0) is 6.42 Å². The number of para-hydroxylation sites is 1. The van der Waals surface area contributed by atoms with E-state index in [-0.39, 0.29) is 6.04 Å². The van der Waals surface area contributed by atoms with Gasteiger partial charge in [-0.1, -0.05) is 51.2 Å². The largest absolute Gasteiger partial charge is 0.492 e. The summed E-state index contributed by atoms with van der Waals surface area (Å²) < 4.78 is 7.00. The molecule has 0 saturated heterocycles. The van der Waals surface area contributed by atoms with Crippen molar-refractivity contribution in [2.45, 2.75) is 64.8 Å². The molecule has 0 fully saturated rings. The van der Waals surface area contributed by atoms with Gasteiger partial charge >= 0.3 is 0 Å². The Kier molecular flexibility index (Phi) is 8.95. The third-order valence-corrected chi connectivity index (χ3v) is 3.96. The minimum Gasteiger partial charge on any atom is -0.492 e. The Labute approximate surface area is 132 Å². The topological polar surface area (TPSA) is 35.2 Å². The van der Waals surface area contributed by atoms with Crippen LogP contribution in [0.1, 0.15) is 57.9 Å². The van der Waals surface area contributed by atoms with Crippen molar-refractivity contribution in [2.75, 3.05) is 6.61 Å². The highest BCUT2D eigenvalue weighted by molar-refractivity contribution is 9.10. The predicted octanol–water partition coefficient (Wildman–Crippen LogP) is 5.08. The minimum absolute atomic E-state index is 0.153. The lowest BCUT2D eigenvalue weighted by Gasteiger charge is -2.14. The Bertz CT molecular complexity index is 379. The van der Waals surface area contributed by atoms with Crippen LogP contribution in [0.15, 0.2) is 22.7 Å². The summed E-state index contributed by atoms with van der Waals surface area (Å²) in [5.41, 5.74) is 7.09. The van der Waals surface area contributed by atoms with Gasteiger partial charge in [0.05, 0.1) is 11.1 Å². The van der Waals surface area contributed by atoms with Gasteiger partial charge in [-0.15, -0.1) is 0 Å². The average molecular weight is 342 g/mol. The van der Waals surface area contributed by atoms with Crippen LogP contribution in [0.5, 0.6) is 5.75 Å². The van der Waals surface area contributed by atoms with Crippen molar-refractivity contribution < 1.29 is 4.74 Å². The molecular weight excluding hydrogens is 314 g/mol. The average Bonchev–Trinajstić information content (AvgIpc) is 2.40. The summed E-state index contributed by atoms with van der Waals surface area (Å²) in [4.78, 5) is 0. The molecule has 1 unspecified atom stereocenters. The van der Waals surface area contributed by atoms with E-state index in [0.29, 0.717) is 0 Å². The first kappa shape index (κ1) is 17.5. The fraction of sp³-hybridized carbons (Fsp3) is 0.647. The van der Waals surface area contributed by atoms with Gasteiger partial charge in [0, 0.05) is 6.04 Å². The molecule has 0 bridgehead atoms. The third-order valence-electron chi connectivity index (χ3n) is 3.33. The van der Waals surface area contributed by atoms with Crippen molar-refractivity contribution in [3.05, 3.63) is 28.2 Å². The minimum atomic E-state index is 0.153. The lowest BCUT2D eigenvalue weighted by Crippen LogP contribution is -2.18. The van der Waals surface area contributed by atoms with E-state index >= 15 is 0 Å². The highest BCUT2D eigenvalue weighted by atomic mass is 79.9. The molecule has 0 heterocycles. The number of nitrogens with two attached hydrogens (primary N) is 1. The summed E-state index contributed by atoms with van der Waals surface area (Å²) in [6.45, 7) is 5.06. The van der Waals surface area contributed by atoms with E-state index in [1.807, 2.05) is 19.1 Å². The van der Waals surface area contributed by atoms with Gasteiger partial charge in [-0.25, -0.2) is 0 Å². The van der Waals surface area contributed by atoms with Crippen molar-refractivity contribution in [3.8, 4) is 5.75 Å². The molecule has 1 atom stereocenters. The maximum Gasteiger partial charge on any atom is 0.136 e. The SMILES string of the molecule is CCCCCCCCOc1c(Br)cccc1CC(C)N. The van der Waals surface area contributed by atoms with Crippen LogP contribution >= 0.6 is 15.9 Å². The van der Waals surface area contributed by atoms with Crippen molar-refractivity contribution in [1.82, 2.24) is 0 Å². The standard InChI is InChI=1S/C17H28BrNO/c1-3-4-5-6-7-8-12-20-17-15(13-14(2)19)10-9-11-16(17)18/h9-11,14H,3-8,12-13,19H2,1-2H3. The summed E-state index contributed by atoms with van der Waals surface area (Å²) in [7, 11) is 0. The maximum atomic E-state index is 5.97. The van der Waals surface area contributed by atoms with Crippen LogP contribution in [-0.4, -0.2) is 12.6 Å². The zero-order valence-electron chi connectivity index (χ0n) is 12.8. The van der Waals surface area contributed by atoms with Gasteiger partial charge in [0.25, 0.3) is 0 Å². The number of hydrogen-bond donors (Lipinski definition) is 1. The Morgan fingerprint density at radius 3 is 2.55 bits per heavy atom. The molecule has 0 radical (unpaired) electrons. The first-order valence-corrected chi connectivity index (χ1v) is 8.60. The molecule has 0 aliphatic rings. The highest BCUT2D eigenvalue weighted by Crippen LogP contribution is 2.30. The monoisotopic (exact) mass is 341 g/mol. The zero-order chi connectivity index (χ0) is 14.8. The molecule has 0 saturated carbocycles. The Morgan fingerprint density at radius 1 is 1.15 bits per heavy atom. The first-order valence-electron chi connectivity index (χ1n) is 7.81. The second-order valence-electron chi connectivity index (χ2n) is 5.53. The molecule has 1 aromatic rings. The van der Waals surface area contributed by atoms with Crippen LogP contribution in [0.3, 0.4) is 0 Å². The summed E-state index contributed by atoms with van der Waals surface area (Å²) in [6.07, 6.45) is 8.56. The lowest BCUT2D eigenvalue weighted by atomic mass is 10.1. The zero-order valence-corrected chi connectivity index (χ0v) is 14.4. The van der Waals surface area contributed by atoms with Crippen LogP contribution in [0.2, 0.25) is 0 Å². The van der Waals surface area contributed by atoms with Crippen molar-refractivity contribution in [2.24, 2.45) is 5.73 Å². The van der Waals surface area contributed by atoms with Crippen LogP contribution in [0, 0.1) is 0 Å². The molecular formula is C17H28BrNO. The van der Waals surface area contributed by atoms with E-state index in [1.54, 1.807) is 0 Å². The van der Waals surface area contributed by atoms with Crippen LogP contribution in [0.25, 0.3) is 0 Å². The molecule has 20 heavy (non-hydrogen) atoms. The highest BCUT2D eigenvalue weighted by Gasteiger charge is 2.09. The molecule has 3 heteroatoms. The van der Waals surface area contributed by atoms with Crippen LogP contribution in [0.4, 0.5) is 0 Å². The fourth-order valence-electron chi connectivity index (χ4n) is 2.28. The molecule has 2 nitrogen and oxygen atoms in total. The van der Waals surface area contributed by atoms with Gasteiger partial charge in [-0.2, -0.15) is 0 Å². The summed E-state index contributed by atoms with van der Waals surface area (Å²) in [5, 5.41) is 0. The van der Waals surface area contributed by atoms with Crippen molar-refractivity contribution in [1.29, 1.82) is 0 Å². The second kappa shape index (κ2) is 10.2. The third kappa shape index (κ3) is 6.76. The van der Waals surface area contributed by atoms with Crippen molar-refractivity contribution in [3.63, 3.8) is 0 Å². The molecule has 0 amide bonds. The van der Waals surface area contributed by atoms with Crippen LogP contribution < -0.4 is 10.5 Å². The summed E-state index contributed by atoms with van der Waals surface area (Å²) in [6, 6.07) is 6.33. The number of rotatable bonds is 10.